The van der Waals surface area contributed by atoms with Gasteiger partial charge in [-0.05, 0) is 0 Å². The van der Waals surface area contributed by atoms with Gasteiger partial charge in [-0.3, -0.25) is 9.59 Å². The Labute approximate surface area is 91.9 Å². The molecule has 86 valence electrons. The second-order valence-corrected chi connectivity index (χ2v) is 4.06. The number of carboxylic acid groups (broad SMARTS) is 1. The predicted molar refractivity (Wildman–Crippen MR) is 57.4 cm³/mol. The summed E-state index contributed by atoms with van der Waals surface area (Å²) in [6.45, 7) is 2.99. The highest BCUT2D eigenvalue weighted by atomic mass is 16.4. The molecule has 1 saturated heterocycles. The Bertz CT molecular complexity index is 451. The molecule has 1 aromatic heterocycles. The Hall–Kier alpha value is -1.85. The van der Waals surface area contributed by atoms with E-state index >= 15 is 0 Å². The fraction of sp³-hybridized carbons (Fsp3) is 0.500. The van der Waals surface area contributed by atoms with Crippen LogP contribution in [0.1, 0.15) is 6.92 Å². The summed E-state index contributed by atoms with van der Waals surface area (Å²) in [5.74, 6) is -0.377. The highest BCUT2D eigenvalue weighted by Crippen LogP contribution is 2.27. The van der Waals surface area contributed by atoms with Crippen molar-refractivity contribution in [3.63, 3.8) is 0 Å². The number of aromatic nitrogens is 2. The molecule has 0 saturated carbocycles. The van der Waals surface area contributed by atoms with Crippen molar-refractivity contribution < 1.29 is 9.90 Å². The molecule has 1 unspecified atom stereocenters. The smallest absolute Gasteiger partial charge is 0.306 e. The number of hydrogen-bond donors (Lipinski definition) is 2. The molecule has 0 aromatic carbocycles. The van der Waals surface area contributed by atoms with Crippen molar-refractivity contribution in [2.75, 3.05) is 18.0 Å². The van der Waals surface area contributed by atoms with Crippen LogP contribution in [0.5, 0.6) is 0 Å². The van der Waals surface area contributed by atoms with Gasteiger partial charge in [0.05, 0.1) is 12.2 Å². The van der Waals surface area contributed by atoms with E-state index in [1.165, 1.54) is 12.4 Å². The third-order valence-corrected chi connectivity index (χ3v) is 2.99. The quantitative estimate of drug-likeness (QED) is 0.749. The first-order valence-electron chi connectivity index (χ1n) is 5.10. The summed E-state index contributed by atoms with van der Waals surface area (Å²) in [5, 5.41) is 8.83. The highest BCUT2D eigenvalue weighted by molar-refractivity contribution is 5.70. The second kappa shape index (κ2) is 3.96. The number of anilines is 1. The zero-order chi connectivity index (χ0) is 11.7. The van der Waals surface area contributed by atoms with E-state index in [2.05, 4.69) is 9.97 Å². The molecule has 0 amide bonds. The Balaban J connectivity index is 1.98. The molecule has 1 aromatic rings. The molecule has 1 atom stereocenters. The largest absolute Gasteiger partial charge is 0.481 e. The maximum atomic E-state index is 11.0. The van der Waals surface area contributed by atoms with Crippen LogP contribution in [0.15, 0.2) is 17.2 Å². The van der Waals surface area contributed by atoms with Gasteiger partial charge in [0, 0.05) is 25.1 Å². The van der Waals surface area contributed by atoms with Crippen LogP contribution in [0.25, 0.3) is 0 Å². The van der Waals surface area contributed by atoms with E-state index in [4.69, 9.17) is 5.11 Å². The molecule has 1 aliphatic rings. The van der Waals surface area contributed by atoms with E-state index < -0.39 is 5.97 Å². The summed E-state index contributed by atoms with van der Waals surface area (Å²) < 4.78 is 0. The molecule has 6 heteroatoms. The average Bonchev–Trinajstić information content (AvgIpc) is 2.15. The van der Waals surface area contributed by atoms with Crippen LogP contribution in [0.3, 0.4) is 0 Å². The summed E-state index contributed by atoms with van der Waals surface area (Å²) in [5.41, 5.74) is -0.195. The molecular formula is C10H13N3O3. The Morgan fingerprint density at radius 2 is 2.38 bits per heavy atom. The maximum absolute atomic E-state index is 11.0. The Kier molecular flexibility index (Phi) is 2.64. The summed E-state index contributed by atoms with van der Waals surface area (Å²) >= 11 is 0. The predicted octanol–water partition coefficient (Wildman–Crippen LogP) is -0.0732. The molecule has 6 nitrogen and oxygen atoms in total. The first kappa shape index (κ1) is 10.7. The Morgan fingerprint density at radius 3 is 2.94 bits per heavy atom. The van der Waals surface area contributed by atoms with Crippen molar-refractivity contribution in [1.82, 2.24) is 9.97 Å². The van der Waals surface area contributed by atoms with Crippen LogP contribution >= 0.6 is 0 Å². The average molecular weight is 223 g/mol. The van der Waals surface area contributed by atoms with Crippen LogP contribution in [0.4, 0.5) is 5.82 Å². The monoisotopic (exact) mass is 223 g/mol. The third kappa shape index (κ3) is 1.91. The number of rotatable bonds is 3. The molecule has 2 heterocycles. The first-order chi connectivity index (χ1) is 7.58. The van der Waals surface area contributed by atoms with Gasteiger partial charge in [-0.1, -0.05) is 6.92 Å². The maximum Gasteiger partial charge on any atom is 0.306 e. The molecule has 0 bridgehead atoms. The van der Waals surface area contributed by atoms with Crippen LogP contribution < -0.4 is 10.5 Å². The van der Waals surface area contributed by atoms with Gasteiger partial charge in [0.1, 0.15) is 5.82 Å². The summed E-state index contributed by atoms with van der Waals surface area (Å²) in [6.07, 6.45) is 1.35. The SMILES string of the molecule is CC(C(=O)O)C1CN(c2cc(=O)[nH]cn2)C1. The van der Waals surface area contributed by atoms with Crippen LogP contribution in [-0.4, -0.2) is 34.1 Å². The van der Waals surface area contributed by atoms with Crippen molar-refractivity contribution in [2.24, 2.45) is 11.8 Å². The van der Waals surface area contributed by atoms with Crippen LogP contribution in [0, 0.1) is 11.8 Å². The molecule has 0 radical (unpaired) electrons. The second-order valence-electron chi connectivity index (χ2n) is 4.06. The zero-order valence-corrected chi connectivity index (χ0v) is 8.88. The molecule has 16 heavy (non-hydrogen) atoms. The molecule has 0 spiro atoms. The lowest BCUT2D eigenvalue weighted by Crippen LogP contribution is -2.51. The van der Waals surface area contributed by atoms with E-state index in [1.54, 1.807) is 6.92 Å². The van der Waals surface area contributed by atoms with E-state index in [0.29, 0.717) is 18.9 Å². The minimum absolute atomic E-state index is 0.138. The number of aliphatic carboxylic acids is 1. The van der Waals surface area contributed by atoms with Gasteiger partial charge < -0.3 is 15.0 Å². The van der Waals surface area contributed by atoms with E-state index in [0.717, 1.165) is 0 Å². The van der Waals surface area contributed by atoms with Crippen molar-refractivity contribution in [2.45, 2.75) is 6.92 Å². The van der Waals surface area contributed by atoms with Gasteiger partial charge >= 0.3 is 5.97 Å². The fourth-order valence-electron chi connectivity index (χ4n) is 1.75. The first-order valence-corrected chi connectivity index (χ1v) is 5.10. The number of carboxylic acids is 1. The summed E-state index contributed by atoms with van der Waals surface area (Å²) in [6, 6.07) is 1.42. The van der Waals surface area contributed by atoms with E-state index in [-0.39, 0.29) is 17.4 Å². The summed E-state index contributed by atoms with van der Waals surface area (Å²) in [4.78, 5) is 30.1. The number of H-pyrrole nitrogens is 1. The van der Waals surface area contributed by atoms with Gasteiger partial charge in [-0.15, -0.1) is 0 Å². The van der Waals surface area contributed by atoms with Crippen LogP contribution in [0.2, 0.25) is 0 Å². The normalized spacial score (nSPS) is 17.9. The third-order valence-electron chi connectivity index (χ3n) is 2.99. The Morgan fingerprint density at radius 1 is 1.69 bits per heavy atom. The van der Waals surface area contributed by atoms with E-state index in [9.17, 15) is 9.59 Å². The number of carbonyl (C=O) groups is 1. The van der Waals surface area contributed by atoms with Gasteiger partial charge in [-0.2, -0.15) is 0 Å². The molecule has 2 rings (SSSR count). The minimum Gasteiger partial charge on any atom is -0.481 e. The fourth-order valence-corrected chi connectivity index (χ4v) is 1.75. The van der Waals surface area contributed by atoms with Crippen molar-refractivity contribution >= 4 is 11.8 Å². The van der Waals surface area contributed by atoms with Gasteiger partial charge in [-0.25, -0.2) is 4.98 Å². The minimum atomic E-state index is -0.775. The summed E-state index contributed by atoms with van der Waals surface area (Å²) in [7, 11) is 0. The topological polar surface area (TPSA) is 86.3 Å². The number of hydrogen-bond acceptors (Lipinski definition) is 4. The van der Waals surface area contributed by atoms with Crippen molar-refractivity contribution in [3.05, 3.63) is 22.7 Å². The zero-order valence-electron chi connectivity index (χ0n) is 8.88. The van der Waals surface area contributed by atoms with E-state index in [1.807, 2.05) is 4.90 Å². The lowest BCUT2D eigenvalue weighted by molar-refractivity contribution is -0.143. The molecular weight excluding hydrogens is 210 g/mol. The van der Waals surface area contributed by atoms with Gasteiger partial charge in [0.15, 0.2) is 0 Å². The number of nitrogens with one attached hydrogen (secondary N) is 1. The molecule has 2 N–H and O–H groups in total. The molecule has 1 fully saturated rings. The highest BCUT2D eigenvalue weighted by Gasteiger charge is 2.35. The standard InChI is InChI=1S/C10H13N3O3/c1-6(10(15)16)7-3-13(4-7)8-2-9(14)12-5-11-8/h2,5-7H,3-4H2,1H3,(H,15,16)(H,11,12,14). The van der Waals surface area contributed by atoms with Crippen molar-refractivity contribution in [1.29, 1.82) is 0 Å². The lowest BCUT2D eigenvalue weighted by atomic mass is 9.87. The van der Waals surface area contributed by atoms with Gasteiger partial charge in [0.2, 0.25) is 0 Å². The lowest BCUT2D eigenvalue weighted by Gasteiger charge is -2.41. The van der Waals surface area contributed by atoms with Crippen LogP contribution in [-0.2, 0) is 4.79 Å². The van der Waals surface area contributed by atoms with Gasteiger partial charge in [0.25, 0.3) is 5.56 Å². The molecule has 0 aliphatic carbocycles. The number of nitrogens with zero attached hydrogens (tertiary/aromatic N) is 2. The van der Waals surface area contributed by atoms with Crippen molar-refractivity contribution in [3.8, 4) is 0 Å². The number of aromatic amines is 1. The molecule has 1 aliphatic heterocycles.